The summed E-state index contributed by atoms with van der Waals surface area (Å²) in [6.45, 7) is 15.1. The Morgan fingerprint density at radius 2 is 1.76 bits per heavy atom. The van der Waals surface area contributed by atoms with E-state index in [2.05, 4.69) is 53.1 Å². The average Bonchev–Trinajstić information content (AvgIpc) is 2.58. The predicted molar refractivity (Wildman–Crippen MR) is 119 cm³/mol. The second-order valence-electron chi connectivity index (χ2n) is 8.09. The van der Waals surface area contributed by atoms with Crippen molar-refractivity contribution in [2.24, 2.45) is 10.9 Å². The first-order chi connectivity index (χ1) is 11.5. The number of rotatable bonds is 5. The molecule has 0 aliphatic carbocycles. The smallest absolute Gasteiger partial charge is 0.191 e. The minimum absolute atomic E-state index is 0. The molecule has 0 aromatic carbocycles. The van der Waals surface area contributed by atoms with Gasteiger partial charge in [0.2, 0.25) is 0 Å². The molecule has 0 spiro atoms. The third-order valence-electron chi connectivity index (χ3n) is 5.70. The van der Waals surface area contributed by atoms with Crippen LogP contribution in [0.15, 0.2) is 4.99 Å². The quantitative estimate of drug-likeness (QED) is 0.372. The SMILES string of the molecule is CN=C(NCC(C)N1CCCC(C)C1)NC1CCN(C(C)C)CC1.I. The van der Waals surface area contributed by atoms with Gasteiger partial charge < -0.3 is 15.5 Å². The molecule has 148 valence electrons. The van der Waals surface area contributed by atoms with Gasteiger partial charge in [0, 0.05) is 51.4 Å². The minimum atomic E-state index is 0. The largest absolute Gasteiger partial charge is 0.355 e. The molecule has 2 atom stereocenters. The van der Waals surface area contributed by atoms with Crippen LogP contribution in [0.1, 0.15) is 53.4 Å². The molecule has 6 heteroatoms. The lowest BCUT2D eigenvalue weighted by Gasteiger charge is -2.37. The van der Waals surface area contributed by atoms with Gasteiger partial charge in [-0.25, -0.2) is 0 Å². The van der Waals surface area contributed by atoms with E-state index in [0.717, 1.165) is 18.4 Å². The average molecular weight is 465 g/mol. The van der Waals surface area contributed by atoms with Crippen molar-refractivity contribution in [3.05, 3.63) is 0 Å². The normalized spacial score (nSPS) is 25.5. The highest BCUT2D eigenvalue weighted by Gasteiger charge is 2.23. The fraction of sp³-hybridized carbons (Fsp3) is 0.947. The van der Waals surface area contributed by atoms with Crippen LogP contribution in [-0.2, 0) is 0 Å². The van der Waals surface area contributed by atoms with Crippen LogP contribution in [0.25, 0.3) is 0 Å². The summed E-state index contributed by atoms with van der Waals surface area (Å²) in [5, 5.41) is 7.17. The molecule has 0 radical (unpaired) electrons. The van der Waals surface area contributed by atoms with E-state index in [1.807, 2.05) is 7.05 Å². The molecular formula is C19H40IN5. The lowest BCUT2D eigenvalue weighted by molar-refractivity contribution is 0.139. The molecule has 25 heavy (non-hydrogen) atoms. The van der Waals surface area contributed by atoms with Gasteiger partial charge in [0.1, 0.15) is 0 Å². The molecule has 0 aromatic rings. The van der Waals surface area contributed by atoms with Gasteiger partial charge >= 0.3 is 0 Å². The zero-order chi connectivity index (χ0) is 17.5. The molecule has 2 aliphatic rings. The molecule has 5 nitrogen and oxygen atoms in total. The minimum Gasteiger partial charge on any atom is -0.355 e. The molecule has 0 bridgehead atoms. The number of hydrogen-bond acceptors (Lipinski definition) is 3. The van der Waals surface area contributed by atoms with Gasteiger partial charge in [0.05, 0.1) is 0 Å². The number of hydrogen-bond donors (Lipinski definition) is 2. The maximum atomic E-state index is 4.43. The number of nitrogens with one attached hydrogen (secondary N) is 2. The zero-order valence-corrected chi connectivity index (χ0v) is 19.3. The van der Waals surface area contributed by atoms with E-state index in [0.29, 0.717) is 18.1 Å². The van der Waals surface area contributed by atoms with Crippen molar-refractivity contribution >= 4 is 29.9 Å². The van der Waals surface area contributed by atoms with Crippen LogP contribution < -0.4 is 10.6 Å². The number of likely N-dealkylation sites (tertiary alicyclic amines) is 2. The molecule has 2 saturated heterocycles. The Morgan fingerprint density at radius 1 is 1.08 bits per heavy atom. The molecule has 0 aromatic heterocycles. The second-order valence-corrected chi connectivity index (χ2v) is 8.09. The van der Waals surface area contributed by atoms with Crippen molar-refractivity contribution in [3.8, 4) is 0 Å². The molecular weight excluding hydrogens is 425 g/mol. The van der Waals surface area contributed by atoms with Crippen LogP contribution in [0, 0.1) is 5.92 Å². The summed E-state index contributed by atoms with van der Waals surface area (Å²) in [4.78, 5) is 9.61. The first-order valence-electron chi connectivity index (χ1n) is 9.95. The van der Waals surface area contributed by atoms with Crippen LogP contribution in [0.2, 0.25) is 0 Å². The monoisotopic (exact) mass is 465 g/mol. The topological polar surface area (TPSA) is 42.9 Å². The lowest BCUT2D eigenvalue weighted by atomic mass is 9.99. The Labute approximate surface area is 172 Å². The Balaban J connectivity index is 0.00000312. The summed E-state index contributed by atoms with van der Waals surface area (Å²) in [5.74, 6) is 1.81. The predicted octanol–water partition coefficient (Wildman–Crippen LogP) is 2.76. The molecule has 2 rings (SSSR count). The Morgan fingerprint density at radius 3 is 2.32 bits per heavy atom. The number of guanidine groups is 1. The molecule has 0 amide bonds. The van der Waals surface area contributed by atoms with E-state index in [1.165, 1.54) is 51.9 Å². The highest BCUT2D eigenvalue weighted by molar-refractivity contribution is 14.0. The van der Waals surface area contributed by atoms with Crippen molar-refractivity contribution in [2.75, 3.05) is 39.8 Å². The van der Waals surface area contributed by atoms with Crippen LogP contribution >= 0.6 is 24.0 Å². The van der Waals surface area contributed by atoms with Crippen LogP contribution in [-0.4, -0.2) is 73.7 Å². The molecule has 2 N–H and O–H groups in total. The van der Waals surface area contributed by atoms with Gasteiger partial charge in [-0.15, -0.1) is 24.0 Å². The third-order valence-corrected chi connectivity index (χ3v) is 5.70. The summed E-state index contributed by atoms with van der Waals surface area (Å²) < 4.78 is 0. The maximum Gasteiger partial charge on any atom is 0.191 e. The molecule has 2 aliphatic heterocycles. The van der Waals surface area contributed by atoms with Gasteiger partial charge in [0.25, 0.3) is 0 Å². The second kappa shape index (κ2) is 11.6. The van der Waals surface area contributed by atoms with Crippen LogP contribution in [0.5, 0.6) is 0 Å². The van der Waals surface area contributed by atoms with E-state index >= 15 is 0 Å². The first-order valence-corrected chi connectivity index (χ1v) is 9.95. The van der Waals surface area contributed by atoms with E-state index in [4.69, 9.17) is 0 Å². The van der Waals surface area contributed by atoms with Crippen LogP contribution in [0.3, 0.4) is 0 Å². The maximum absolute atomic E-state index is 4.43. The molecule has 2 unspecified atom stereocenters. The van der Waals surface area contributed by atoms with Crippen molar-refractivity contribution in [2.45, 2.75) is 71.5 Å². The third kappa shape index (κ3) is 7.59. The highest BCUT2D eigenvalue weighted by atomic mass is 127. The summed E-state index contributed by atoms with van der Waals surface area (Å²) in [6, 6.07) is 1.78. The zero-order valence-electron chi connectivity index (χ0n) is 16.9. The van der Waals surface area contributed by atoms with Crippen molar-refractivity contribution < 1.29 is 0 Å². The molecule has 2 heterocycles. The number of nitrogens with zero attached hydrogens (tertiary/aromatic N) is 3. The van der Waals surface area contributed by atoms with Crippen molar-refractivity contribution in [3.63, 3.8) is 0 Å². The standard InChI is InChI=1S/C19H39N5.HI/c1-15(2)23-11-8-18(9-12-23)22-19(20-5)21-13-17(4)24-10-6-7-16(3)14-24;/h15-18H,6-14H2,1-5H3,(H2,20,21,22);1H. The van der Waals surface area contributed by atoms with E-state index in [9.17, 15) is 0 Å². The number of piperidine rings is 2. The number of halogens is 1. The fourth-order valence-corrected chi connectivity index (χ4v) is 3.95. The summed E-state index contributed by atoms with van der Waals surface area (Å²) in [6.07, 6.45) is 5.14. The Bertz CT molecular complexity index is 393. The van der Waals surface area contributed by atoms with Crippen LogP contribution in [0.4, 0.5) is 0 Å². The van der Waals surface area contributed by atoms with E-state index in [1.54, 1.807) is 0 Å². The summed E-state index contributed by atoms with van der Waals surface area (Å²) >= 11 is 0. The Hall–Kier alpha value is -0.0800. The van der Waals surface area contributed by atoms with Gasteiger partial charge in [-0.05, 0) is 58.9 Å². The van der Waals surface area contributed by atoms with Gasteiger partial charge in [-0.1, -0.05) is 6.92 Å². The summed E-state index contributed by atoms with van der Waals surface area (Å²) in [5.41, 5.74) is 0. The van der Waals surface area contributed by atoms with Gasteiger partial charge in [0.15, 0.2) is 5.96 Å². The van der Waals surface area contributed by atoms with E-state index < -0.39 is 0 Å². The summed E-state index contributed by atoms with van der Waals surface area (Å²) in [7, 11) is 1.88. The number of aliphatic imine (C=N–C) groups is 1. The van der Waals surface area contributed by atoms with E-state index in [-0.39, 0.29) is 24.0 Å². The highest BCUT2D eigenvalue weighted by Crippen LogP contribution is 2.17. The fourth-order valence-electron chi connectivity index (χ4n) is 3.95. The van der Waals surface area contributed by atoms with Gasteiger partial charge in [-0.2, -0.15) is 0 Å². The van der Waals surface area contributed by atoms with Gasteiger partial charge in [-0.3, -0.25) is 9.89 Å². The van der Waals surface area contributed by atoms with Crippen molar-refractivity contribution in [1.29, 1.82) is 0 Å². The molecule has 2 fully saturated rings. The molecule has 0 saturated carbocycles. The first kappa shape index (κ1) is 23.0. The Kier molecular flexibility index (Phi) is 10.6. The van der Waals surface area contributed by atoms with Crippen molar-refractivity contribution in [1.82, 2.24) is 20.4 Å². The lowest BCUT2D eigenvalue weighted by Crippen LogP contribution is -2.52.